The van der Waals surface area contributed by atoms with Gasteiger partial charge in [-0.05, 0) is 65.7 Å². The van der Waals surface area contributed by atoms with E-state index < -0.39 is 5.60 Å². The predicted molar refractivity (Wildman–Crippen MR) is 130 cm³/mol. The van der Waals surface area contributed by atoms with Crippen LogP contribution in [0.4, 0.5) is 4.79 Å². The minimum Gasteiger partial charge on any atom is -0.444 e. The summed E-state index contributed by atoms with van der Waals surface area (Å²) in [7, 11) is 1.80. The number of carbonyl (C=O) groups is 1. The molecule has 7 nitrogen and oxygen atoms in total. The molecule has 0 aliphatic heterocycles. The zero-order chi connectivity index (χ0) is 21.2. The topological polar surface area (TPSA) is 84.0 Å². The molecule has 29 heavy (non-hydrogen) atoms. The fourth-order valence-electron chi connectivity index (χ4n) is 3.40. The molecule has 0 aromatic rings. The molecule has 0 aromatic carbocycles. The van der Waals surface area contributed by atoms with Crippen molar-refractivity contribution in [1.29, 1.82) is 0 Å². The van der Waals surface area contributed by atoms with Gasteiger partial charge in [-0.25, -0.2) is 4.79 Å². The van der Waals surface area contributed by atoms with Gasteiger partial charge in [0, 0.05) is 32.3 Å². The summed E-state index contributed by atoms with van der Waals surface area (Å²) in [5, 5.41) is 9.89. The molecule has 8 heteroatoms. The number of ether oxygens (including phenoxy) is 2. The lowest BCUT2D eigenvalue weighted by atomic mass is 9.91. The predicted octanol–water partition coefficient (Wildman–Crippen LogP) is 4.06. The van der Waals surface area contributed by atoms with Crippen LogP contribution in [0.15, 0.2) is 4.99 Å². The molecule has 0 bridgehead atoms. The molecule has 1 fully saturated rings. The van der Waals surface area contributed by atoms with Crippen molar-refractivity contribution in [2.45, 2.75) is 97.4 Å². The van der Waals surface area contributed by atoms with E-state index in [4.69, 9.17) is 9.47 Å². The van der Waals surface area contributed by atoms with E-state index in [1.807, 2.05) is 27.7 Å². The average Bonchev–Trinajstić information content (AvgIpc) is 2.59. The van der Waals surface area contributed by atoms with Crippen LogP contribution in [-0.4, -0.2) is 56.0 Å². The first-order valence-electron chi connectivity index (χ1n) is 10.7. The summed E-state index contributed by atoms with van der Waals surface area (Å²) in [6.07, 6.45) is 4.77. The van der Waals surface area contributed by atoms with Gasteiger partial charge in [0.25, 0.3) is 0 Å². The highest BCUT2D eigenvalue weighted by atomic mass is 127. The maximum Gasteiger partial charge on any atom is 0.407 e. The average molecular weight is 527 g/mol. The fourth-order valence-corrected chi connectivity index (χ4v) is 3.40. The zero-order valence-corrected chi connectivity index (χ0v) is 21.7. The van der Waals surface area contributed by atoms with Gasteiger partial charge in [-0.15, -0.1) is 24.0 Å². The minimum atomic E-state index is -0.461. The second-order valence-electron chi connectivity index (χ2n) is 8.86. The first-order chi connectivity index (χ1) is 13.1. The van der Waals surface area contributed by atoms with Crippen molar-refractivity contribution in [3.05, 3.63) is 0 Å². The monoisotopic (exact) mass is 526 g/mol. The smallest absolute Gasteiger partial charge is 0.407 e. The number of nitrogens with one attached hydrogen (secondary N) is 3. The number of guanidine groups is 1. The molecule has 172 valence electrons. The zero-order valence-electron chi connectivity index (χ0n) is 19.3. The minimum absolute atomic E-state index is 0. The van der Waals surface area contributed by atoms with E-state index in [1.54, 1.807) is 7.05 Å². The third kappa shape index (κ3) is 12.5. The Balaban J connectivity index is 0.00000784. The van der Waals surface area contributed by atoms with Crippen LogP contribution >= 0.6 is 24.0 Å². The molecule has 0 spiro atoms. The number of hydrogen-bond donors (Lipinski definition) is 3. The Hall–Kier alpha value is -0.770. The van der Waals surface area contributed by atoms with E-state index >= 15 is 0 Å². The quantitative estimate of drug-likeness (QED) is 0.253. The maximum absolute atomic E-state index is 11.9. The Kier molecular flexibility index (Phi) is 13.9. The Morgan fingerprint density at radius 1 is 1.10 bits per heavy atom. The fraction of sp³-hybridized carbons (Fsp3) is 0.905. The van der Waals surface area contributed by atoms with Gasteiger partial charge in [-0.2, -0.15) is 0 Å². The number of hydrogen-bond acceptors (Lipinski definition) is 4. The van der Waals surface area contributed by atoms with Crippen molar-refractivity contribution in [1.82, 2.24) is 16.0 Å². The Morgan fingerprint density at radius 3 is 2.10 bits per heavy atom. The molecule has 0 saturated heterocycles. The maximum atomic E-state index is 11.9. The van der Waals surface area contributed by atoms with Crippen molar-refractivity contribution < 1.29 is 14.3 Å². The number of halogens is 1. The highest BCUT2D eigenvalue weighted by molar-refractivity contribution is 14.0. The highest BCUT2D eigenvalue weighted by Crippen LogP contribution is 2.19. The van der Waals surface area contributed by atoms with E-state index in [2.05, 4.69) is 34.8 Å². The summed E-state index contributed by atoms with van der Waals surface area (Å²) < 4.78 is 11.1. The molecule has 0 radical (unpaired) electrons. The van der Waals surface area contributed by atoms with E-state index in [0.717, 1.165) is 51.2 Å². The van der Waals surface area contributed by atoms with Gasteiger partial charge in [0.15, 0.2) is 5.96 Å². The van der Waals surface area contributed by atoms with Crippen molar-refractivity contribution in [2.75, 3.05) is 20.2 Å². The Morgan fingerprint density at radius 2 is 1.66 bits per heavy atom. The van der Waals surface area contributed by atoms with E-state index in [9.17, 15) is 4.79 Å². The van der Waals surface area contributed by atoms with Gasteiger partial charge >= 0.3 is 6.09 Å². The van der Waals surface area contributed by atoms with Gasteiger partial charge in [0.1, 0.15) is 5.60 Å². The van der Waals surface area contributed by atoms with Gasteiger partial charge < -0.3 is 25.4 Å². The van der Waals surface area contributed by atoms with E-state index in [0.29, 0.717) is 12.0 Å². The molecule has 1 rings (SSSR count). The van der Waals surface area contributed by atoms with E-state index in [-0.39, 0.29) is 42.2 Å². The lowest BCUT2D eigenvalue weighted by molar-refractivity contribution is 0.0258. The van der Waals surface area contributed by atoms with Crippen LogP contribution in [0.5, 0.6) is 0 Å². The van der Waals surface area contributed by atoms with Crippen molar-refractivity contribution in [3.63, 3.8) is 0 Å². The molecule has 1 saturated carbocycles. The number of aliphatic imine (C=N–C) groups is 1. The van der Waals surface area contributed by atoms with Crippen molar-refractivity contribution in [3.8, 4) is 0 Å². The number of nitrogens with zero attached hydrogens (tertiary/aromatic N) is 1. The Bertz CT molecular complexity index is 487. The summed E-state index contributed by atoms with van der Waals surface area (Å²) in [6, 6.07) is 0.552. The van der Waals surface area contributed by atoms with Crippen LogP contribution in [0.3, 0.4) is 0 Å². The summed E-state index contributed by atoms with van der Waals surface area (Å²) in [6.45, 7) is 13.6. The largest absolute Gasteiger partial charge is 0.444 e. The molecular formula is C21H43IN4O3. The molecule has 0 aromatic heterocycles. The molecule has 1 atom stereocenters. The van der Waals surface area contributed by atoms with Crippen LogP contribution in [0.1, 0.15) is 73.6 Å². The van der Waals surface area contributed by atoms with Gasteiger partial charge in [-0.1, -0.05) is 13.8 Å². The van der Waals surface area contributed by atoms with Gasteiger partial charge in [0.05, 0.1) is 6.10 Å². The molecule has 3 N–H and O–H groups in total. The summed E-state index contributed by atoms with van der Waals surface area (Å²) >= 11 is 0. The van der Waals surface area contributed by atoms with Crippen molar-refractivity contribution >= 4 is 36.0 Å². The van der Waals surface area contributed by atoms with Crippen LogP contribution in [0, 0.1) is 5.92 Å². The number of rotatable bonds is 8. The third-order valence-corrected chi connectivity index (χ3v) is 4.86. The third-order valence-electron chi connectivity index (χ3n) is 4.86. The second kappa shape index (κ2) is 14.3. The Labute approximate surface area is 194 Å². The molecule has 1 unspecified atom stereocenters. The lowest BCUT2D eigenvalue weighted by Gasteiger charge is -2.31. The summed E-state index contributed by atoms with van der Waals surface area (Å²) in [5.41, 5.74) is -0.461. The van der Waals surface area contributed by atoms with Crippen LogP contribution in [-0.2, 0) is 9.47 Å². The summed E-state index contributed by atoms with van der Waals surface area (Å²) in [4.78, 5) is 16.3. The van der Waals surface area contributed by atoms with Gasteiger partial charge in [-0.3, -0.25) is 4.99 Å². The molecular weight excluding hydrogens is 483 g/mol. The second-order valence-corrected chi connectivity index (χ2v) is 8.86. The highest BCUT2D eigenvalue weighted by Gasteiger charge is 2.25. The number of amides is 1. The van der Waals surface area contributed by atoms with Crippen LogP contribution in [0.2, 0.25) is 0 Å². The van der Waals surface area contributed by atoms with E-state index in [1.165, 1.54) is 0 Å². The molecule has 1 aliphatic rings. The molecule has 1 aliphatic carbocycles. The van der Waals surface area contributed by atoms with Crippen LogP contribution in [0.25, 0.3) is 0 Å². The number of alkyl carbamates (subject to hydrolysis) is 1. The standard InChI is InChI=1S/C21H42N4O3.HI/c1-8-27-18(15(2)3)13-14-23-19(22-7)24-16-9-11-17(12-10-16)25-20(26)28-21(4,5)6;/h15-18H,8-14H2,1-7H3,(H,25,26)(H2,22,23,24);1H. The number of carbonyl (C=O) groups excluding carboxylic acids is 1. The SMILES string of the molecule is CCOC(CCNC(=NC)NC1CCC(NC(=O)OC(C)(C)C)CC1)C(C)C.I. The first kappa shape index (κ1) is 28.2. The molecule has 0 heterocycles. The molecule has 1 amide bonds. The van der Waals surface area contributed by atoms with Gasteiger partial charge in [0.2, 0.25) is 0 Å². The first-order valence-corrected chi connectivity index (χ1v) is 10.7. The normalized spacial score (nSPS) is 21.2. The van der Waals surface area contributed by atoms with Crippen molar-refractivity contribution in [2.24, 2.45) is 10.9 Å². The summed E-state index contributed by atoms with van der Waals surface area (Å²) in [5.74, 6) is 1.34. The van der Waals surface area contributed by atoms with Crippen LogP contribution < -0.4 is 16.0 Å². The lowest BCUT2D eigenvalue weighted by Crippen LogP contribution is -2.48.